The third kappa shape index (κ3) is 3.96. The normalized spacial score (nSPS) is 31.4. The van der Waals surface area contributed by atoms with Crippen molar-refractivity contribution in [3.8, 4) is 0 Å². The molecule has 2 unspecified atom stereocenters. The summed E-state index contributed by atoms with van der Waals surface area (Å²) in [6, 6.07) is 0.665. The maximum absolute atomic E-state index is 5.72. The highest BCUT2D eigenvalue weighted by Gasteiger charge is 2.33. The van der Waals surface area contributed by atoms with Gasteiger partial charge in [0.05, 0.1) is 6.61 Å². The van der Waals surface area contributed by atoms with Gasteiger partial charge in [-0.25, -0.2) is 0 Å². The molecule has 0 aromatic rings. The fraction of sp³-hybridized carbons (Fsp3) is 1.00. The van der Waals surface area contributed by atoms with E-state index in [1.807, 2.05) is 0 Å². The molecule has 0 aromatic heterocycles. The lowest BCUT2D eigenvalue weighted by molar-refractivity contribution is 0.00441. The highest BCUT2D eigenvalue weighted by Crippen LogP contribution is 2.38. The van der Waals surface area contributed by atoms with Gasteiger partial charge in [0.1, 0.15) is 0 Å². The molecule has 2 saturated heterocycles. The molecule has 2 aliphatic rings. The molecule has 3 nitrogen and oxygen atoms in total. The van der Waals surface area contributed by atoms with E-state index in [9.17, 15) is 0 Å². The van der Waals surface area contributed by atoms with Gasteiger partial charge in [0.2, 0.25) is 0 Å². The Balaban J connectivity index is 1.81. The van der Waals surface area contributed by atoms with Gasteiger partial charge in [0.25, 0.3) is 0 Å². The largest absolute Gasteiger partial charge is 0.381 e. The lowest BCUT2D eigenvalue weighted by Crippen LogP contribution is -2.50. The third-order valence-corrected chi connectivity index (χ3v) is 5.85. The molecule has 2 heterocycles. The minimum atomic E-state index is 0.640. The third-order valence-electron chi connectivity index (χ3n) is 5.85. The van der Waals surface area contributed by atoms with Crippen molar-refractivity contribution in [3.63, 3.8) is 0 Å². The molecule has 0 bridgehead atoms. The Morgan fingerprint density at radius 1 is 1.15 bits per heavy atom. The van der Waals surface area contributed by atoms with Crippen LogP contribution in [-0.2, 0) is 4.74 Å². The van der Waals surface area contributed by atoms with E-state index in [0.717, 1.165) is 19.8 Å². The zero-order chi connectivity index (χ0) is 14.4. The Morgan fingerprint density at radius 2 is 1.85 bits per heavy atom. The van der Waals surface area contributed by atoms with Crippen LogP contribution in [0.25, 0.3) is 0 Å². The molecule has 0 aliphatic carbocycles. The van der Waals surface area contributed by atoms with Crippen LogP contribution < -0.4 is 5.32 Å². The molecule has 2 rings (SSSR count). The van der Waals surface area contributed by atoms with Crippen LogP contribution in [0, 0.1) is 11.3 Å². The van der Waals surface area contributed by atoms with E-state index in [-0.39, 0.29) is 0 Å². The molecule has 0 amide bonds. The zero-order valence-corrected chi connectivity index (χ0v) is 13.8. The molecule has 3 heteroatoms. The first-order valence-corrected chi connectivity index (χ1v) is 8.76. The van der Waals surface area contributed by atoms with Gasteiger partial charge in [-0.15, -0.1) is 0 Å². The van der Waals surface area contributed by atoms with E-state index in [1.54, 1.807) is 0 Å². The van der Waals surface area contributed by atoms with E-state index in [1.165, 1.54) is 51.7 Å². The smallest absolute Gasteiger partial charge is 0.0521 e. The number of piperidine rings is 1. The standard InChI is InChI=1S/C17H34N2O/c1-4-17(5-2)8-10-19(11-9-17)13-15-14-20-12-7-16(15)18-6-3/h15-16,18H,4-14H2,1-3H3. The maximum Gasteiger partial charge on any atom is 0.0521 e. The number of nitrogens with one attached hydrogen (secondary N) is 1. The van der Waals surface area contributed by atoms with Crippen molar-refractivity contribution in [3.05, 3.63) is 0 Å². The van der Waals surface area contributed by atoms with Crippen molar-refractivity contribution in [1.29, 1.82) is 0 Å². The van der Waals surface area contributed by atoms with Crippen LogP contribution >= 0.6 is 0 Å². The van der Waals surface area contributed by atoms with Crippen molar-refractivity contribution in [2.75, 3.05) is 39.4 Å². The van der Waals surface area contributed by atoms with Gasteiger partial charge in [0, 0.05) is 25.1 Å². The van der Waals surface area contributed by atoms with Crippen molar-refractivity contribution in [2.24, 2.45) is 11.3 Å². The number of rotatable bonds is 6. The zero-order valence-electron chi connectivity index (χ0n) is 13.8. The Bertz CT molecular complexity index is 266. The van der Waals surface area contributed by atoms with Crippen LogP contribution in [0.5, 0.6) is 0 Å². The first kappa shape index (κ1) is 16.3. The van der Waals surface area contributed by atoms with E-state index in [4.69, 9.17) is 4.74 Å². The summed E-state index contributed by atoms with van der Waals surface area (Å²) in [5, 5.41) is 3.66. The highest BCUT2D eigenvalue weighted by atomic mass is 16.5. The fourth-order valence-electron chi connectivity index (χ4n) is 4.01. The molecule has 1 N–H and O–H groups in total. The topological polar surface area (TPSA) is 24.5 Å². The van der Waals surface area contributed by atoms with Crippen LogP contribution in [0.4, 0.5) is 0 Å². The predicted octanol–water partition coefficient (Wildman–Crippen LogP) is 2.90. The van der Waals surface area contributed by atoms with Gasteiger partial charge >= 0.3 is 0 Å². The van der Waals surface area contributed by atoms with Gasteiger partial charge < -0.3 is 15.0 Å². The molecule has 118 valence electrons. The summed E-state index contributed by atoms with van der Waals surface area (Å²) in [5.41, 5.74) is 0.640. The van der Waals surface area contributed by atoms with Crippen LogP contribution in [0.2, 0.25) is 0 Å². The molecule has 0 radical (unpaired) electrons. The summed E-state index contributed by atoms with van der Waals surface area (Å²) < 4.78 is 5.72. The quantitative estimate of drug-likeness (QED) is 0.811. The molecule has 0 aromatic carbocycles. The fourth-order valence-corrected chi connectivity index (χ4v) is 4.01. The predicted molar refractivity (Wildman–Crippen MR) is 85.1 cm³/mol. The summed E-state index contributed by atoms with van der Waals surface area (Å²) >= 11 is 0. The summed E-state index contributed by atoms with van der Waals surface area (Å²) in [4.78, 5) is 2.69. The van der Waals surface area contributed by atoms with Crippen molar-refractivity contribution in [2.45, 2.75) is 58.9 Å². The molecular weight excluding hydrogens is 248 g/mol. The molecule has 0 saturated carbocycles. The maximum atomic E-state index is 5.72. The van der Waals surface area contributed by atoms with Crippen LogP contribution in [0.1, 0.15) is 52.9 Å². The van der Waals surface area contributed by atoms with Crippen molar-refractivity contribution in [1.82, 2.24) is 10.2 Å². The van der Waals surface area contributed by atoms with Crippen molar-refractivity contribution < 1.29 is 4.74 Å². The minimum absolute atomic E-state index is 0.640. The second-order valence-electron chi connectivity index (χ2n) is 6.80. The summed E-state index contributed by atoms with van der Waals surface area (Å²) in [7, 11) is 0. The average Bonchev–Trinajstić information content (AvgIpc) is 2.51. The van der Waals surface area contributed by atoms with Gasteiger partial charge in [-0.2, -0.15) is 0 Å². The highest BCUT2D eigenvalue weighted by molar-refractivity contribution is 4.87. The molecule has 2 aliphatic heterocycles. The second-order valence-corrected chi connectivity index (χ2v) is 6.80. The number of hydrogen-bond acceptors (Lipinski definition) is 3. The number of nitrogens with zero attached hydrogens (tertiary/aromatic N) is 1. The van der Waals surface area contributed by atoms with E-state index in [0.29, 0.717) is 17.4 Å². The molecule has 2 atom stereocenters. The van der Waals surface area contributed by atoms with E-state index >= 15 is 0 Å². The summed E-state index contributed by atoms with van der Waals surface area (Å²) in [6.07, 6.45) is 6.66. The first-order valence-electron chi connectivity index (χ1n) is 8.76. The Labute approximate surface area is 125 Å². The minimum Gasteiger partial charge on any atom is -0.381 e. The van der Waals surface area contributed by atoms with Crippen LogP contribution in [-0.4, -0.2) is 50.3 Å². The average molecular weight is 282 g/mol. The molecular formula is C17H34N2O. The Hall–Kier alpha value is -0.120. The van der Waals surface area contributed by atoms with Crippen LogP contribution in [0.3, 0.4) is 0 Å². The summed E-state index contributed by atoms with van der Waals surface area (Å²) in [6.45, 7) is 13.7. The molecule has 0 spiro atoms. The second kappa shape index (κ2) is 7.77. The number of ether oxygens (including phenoxy) is 1. The van der Waals surface area contributed by atoms with Gasteiger partial charge in [-0.1, -0.05) is 33.6 Å². The van der Waals surface area contributed by atoms with Gasteiger partial charge in [-0.3, -0.25) is 0 Å². The van der Waals surface area contributed by atoms with Crippen LogP contribution in [0.15, 0.2) is 0 Å². The van der Waals surface area contributed by atoms with Crippen molar-refractivity contribution >= 4 is 0 Å². The lowest BCUT2D eigenvalue weighted by atomic mass is 9.74. The SMILES string of the molecule is CCNC1CCOCC1CN1CCC(CC)(CC)CC1. The van der Waals surface area contributed by atoms with E-state index in [2.05, 4.69) is 31.0 Å². The lowest BCUT2D eigenvalue weighted by Gasteiger charge is -2.43. The molecule has 2 fully saturated rings. The number of hydrogen-bond donors (Lipinski definition) is 1. The molecule has 20 heavy (non-hydrogen) atoms. The Morgan fingerprint density at radius 3 is 2.45 bits per heavy atom. The monoisotopic (exact) mass is 282 g/mol. The number of likely N-dealkylation sites (tertiary alicyclic amines) is 1. The van der Waals surface area contributed by atoms with E-state index < -0.39 is 0 Å². The van der Waals surface area contributed by atoms with Gasteiger partial charge in [0.15, 0.2) is 0 Å². The first-order chi connectivity index (χ1) is 9.73. The Kier molecular flexibility index (Phi) is 6.31. The summed E-state index contributed by atoms with van der Waals surface area (Å²) in [5.74, 6) is 0.680. The van der Waals surface area contributed by atoms with Gasteiger partial charge in [-0.05, 0) is 44.3 Å².